The number of hydrogen-bond acceptors (Lipinski definition) is 6. The number of primary amides is 1. The molecule has 0 aliphatic carbocycles. The monoisotopic (exact) mass is 253 g/mol. The van der Waals surface area contributed by atoms with Gasteiger partial charge in [-0.05, 0) is 6.07 Å². The van der Waals surface area contributed by atoms with Crippen molar-refractivity contribution in [2.45, 2.75) is 0 Å². The number of pyridine rings is 1. The van der Waals surface area contributed by atoms with Crippen LogP contribution in [0.3, 0.4) is 0 Å². The van der Waals surface area contributed by atoms with Gasteiger partial charge in [0.1, 0.15) is 5.82 Å². The van der Waals surface area contributed by atoms with Crippen molar-refractivity contribution < 1.29 is 14.3 Å². The molecule has 8 nitrogen and oxygen atoms in total. The number of ether oxygens (including phenoxy) is 1. The van der Waals surface area contributed by atoms with Crippen LogP contribution in [0.4, 0.5) is 16.3 Å². The predicted molar refractivity (Wildman–Crippen MR) is 66.1 cm³/mol. The zero-order valence-corrected chi connectivity index (χ0v) is 9.90. The van der Waals surface area contributed by atoms with Gasteiger partial charge in [0.15, 0.2) is 0 Å². The molecule has 0 aromatic carbocycles. The Morgan fingerprint density at radius 1 is 1.44 bits per heavy atom. The third-order valence-corrected chi connectivity index (χ3v) is 2.11. The van der Waals surface area contributed by atoms with Crippen LogP contribution in [0, 0.1) is 0 Å². The highest BCUT2D eigenvalue weighted by atomic mass is 16.5. The summed E-state index contributed by atoms with van der Waals surface area (Å²) in [6.45, 7) is 0.698. The number of rotatable bonds is 5. The number of nitrogen functional groups attached to an aromatic ring is 1. The van der Waals surface area contributed by atoms with Gasteiger partial charge < -0.3 is 26.8 Å². The summed E-state index contributed by atoms with van der Waals surface area (Å²) in [5.74, 6) is -0.183. The lowest BCUT2D eigenvalue weighted by Gasteiger charge is -2.10. The lowest BCUT2D eigenvalue weighted by molar-refractivity contribution is 0.0602. The molecule has 18 heavy (non-hydrogen) atoms. The smallest absolute Gasteiger partial charge is 0.340 e. The maximum Gasteiger partial charge on any atom is 0.340 e. The molecule has 0 aliphatic heterocycles. The third kappa shape index (κ3) is 3.51. The second-order valence-corrected chi connectivity index (χ2v) is 3.33. The maximum atomic E-state index is 11.4. The number of aromatic nitrogens is 1. The molecule has 6 N–H and O–H groups in total. The quantitative estimate of drug-likeness (QED) is 0.414. The number of nitrogens with zero attached hydrogens (tertiary/aromatic N) is 1. The van der Waals surface area contributed by atoms with Crippen LogP contribution in [0.1, 0.15) is 10.4 Å². The SMILES string of the molecule is COC(=O)c1ccnc(NCCNC(N)=O)c1N. The van der Waals surface area contributed by atoms with Crippen LogP contribution in [0.25, 0.3) is 0 Å². The average molecular weight is 253 g/mol. The predicted octanol–water partition coefficient (Wildman–Crippen LogP) is -0.469. The lowest BCUT2D eigenvalue weighted by atomic mass is 10.2. The van der Waals surface area contributed by atoms with Crippen LogP contribution < -0.4 is 22.1 Å². The van der Waals surface area contributed by atoms with E-state index in [1.807, 2.05) is 0 Å². The van der Waals surface area contributed by atoms with E-state index >= 15 is 0 Å². The summed E-state index contributed by atoms with van der Waals surface area (Å²) in [5.41, 5.74) is 11.1. The van der Waals surface area contributed by atoms with E-state index in [9.17, 15) is 9.59 Å². The molecule has 0 saturated heterocycles. The van der Waals surface area contributed by atoms with Crippen molar-refractivity contribution >= 4 is 23.5 Å². The number of anilines is 2. The normalized spacial score (nSPS) is 9.61. The fourth-order valence-corrected chi connectivity index (χ4v) is 1.27. The van der Waals surface area contributed by atoms with E-state index in [0.29, 0.717) is 18.9 Å². The number of methoxy groups -OCH3 is 1. The van der Waals surface area contributed by atoms with Crippen molar-refractivity contribution in [1.82, 2.24) is 10.3 Å². The minimum absolute atomic E-state index is 0.198. The Morgan fingerprint density at radius 2 is 2.17 bits per heavy atom. The summed E-state index contributed by atoms with van der Waals surface area (Å²) in [7, 11) is 1.27. The number of amides is 2. The molecule has 0 bridgehead atoms. The molecule has 98 valence electrons. The van der Waals surface area contributed by atoms with Crippen molar-refractivity contribution in [3.63, 3.8) is 0 Å². The molecule has 0 unspecified atom stereocenters. The van der Waals surface area contributed by atoms with Crippen molar-refractivity contribution in [3.05, 3.63) is 17.8 Å². The standard InChI is InChI=1S/C10H15N5O3/c1-18-9(16)6-2-3-13-8(7(6)11)14-4-5-15-10(12)17/h2-3H,4-5,11H2,1H3,(H,13,14)(H3,12,15,17). The highest BCUT2D eigenvalue weighted by Gasteiger charge is 2.13. The Bertz CT molecular complexity index is 449. The number of nitrogens with one attached hydrogen (secondary N) is 2. The molecule has 1 rings (SSSR count). The molecular weight excluding hydrogens is 238 g/mol. The van der Waals surface area contributed by atoms with Gasteiger partial charge in [0, 0.05) is 19.3 Å². The zero-order chi connectivity index (χ0) is 13.5. The van der Waals surface area contributed by atoms with Gasteiger partial charge >= 0.3 is 12.0 Å². The first kappa shape index (κ1) is 13.6. The van der Waals surface area contributed by atoms with Crippen molar-refractivity contribution in [2.75, 3.05) is 31.2 Å². The minimum atomic E-state index is -0.610. The van der Waals surface area contributed by atoms with E-state index in [0.717, 1.165) is 0 Å². The molecule has 0 fully saturated rings. The molecule has 0 atom stereocenters. The average Bonchev–Trinajstić information content (AvgIpc) is 2.35. The number of carbonyl (C=O) groups excluding carboxylic acids is 2. The fraction of sp³-hybridized carbons (Fsp3) is 0.300. The summed E-state index contributed by atoms with van der Waals surface area (Å²) >= 11 is 0. The van der Waals surface area contributed by atoms with Crippen molar-refractivity contribution in [2.24, 2.45) is 5.73 Å². The van der Waals surface area contributed by atoms with Crippen LogP contribution in [0.5, 0.6) is 0 Å². The molecule has 0 saturated carbocycles. The van der Waals surface area contributed by atoms with Crippen LogP contribution in [0.2, 0.25) is 0 Å². The van der Waals surface area contributed by atoms with E-state index in [-0.39, 0.29) is 11.3 Å². The number of esters is 1. The molecule has 0 spiro atoms. The Hall–Kier alpha value is -2.51. The van der Waals surface area contributed by atoms with Gasteiger partial charge in [-0.1, -0.05) is 0 Å². The Morgan fingerprint density at radius 3 is 2.78 bits per heavy atom. The van der Waals surface area contributed by atoms with Gasteiger partial charge in [0.25, 0.3) is 0 Å². The van der Waals surface area contributed by atoms with Gasteiger partial charge in [0.05, 0.1) is 18.4 Å². The minimum Gasteiger partial charge on any atom is -0.465 e. The van der Waals surface area contributed by atoms with Gasteiger partial charge in [-0.15, -0.1) is 0 Å². The van der Waals surface area contributed by atoms with Crippen LogP contribution >= 0.6 is 0 Å². The first-order valence-corrected chi connectivity index (χ1v) is 5.16. The van der Waals surface area contributed by atoms with E-state index in [4.69, 9.17) is 11.5 Å². The molecule has 1 aromatic rings. The zero-order valence-electron chi connectivity index (χ0n) is 9.90. The molecule has 1 aromatic heterocycles. The number of carbonyl (C=O) groups is 2. The van der Waals surface area contributed by atoms with Crippen molar-refractivity contribution in [3.8, 4) is 0 Å². The molecule has 1 heterocycles. The first-order chi connectivity index (χ1) is 8.56. The molecule has 8 heteroatoms. The largest absolute Gasteiger partial charge is 0.465 e. The van der Waals surface area contributed by atoms with E-state index in [1.165, 1.54) is 19.4 Å². The third-order valence-electron chi connectivity index (χ3n) is 2.11. The van der Waals surface area contributed by atoms with Gasteiger partial charge in [-0.3, -0.25) is 0 Å². The van der Waals surface area contributed by atoms with E-state index < -0.39 is 12.0 Å². The summed E-state index contributed by atoms with van der Waals surface area (Å²) in [4.78, 5) is 25.8. The number of urea groups is 1. The van der Waals surface area contributed by atoms with Crippen molar-refractivity contribution in [1.29, 1.82) is 0 Å². The van der Waals surface area contributed by atoms with Gasteiger partial charge in [-0.2, -0.15) is 0 Å². The Balaban J connectivity index is 2.66. The molecular formula is C10H15N5O3. The summed E-state index contributed by atoms with van der Waals surface area (Å²) < 4.78 is 4.58. The summed E-state index contributed by atoms with van der Waals surface area (Å²) in [5, 5.41) is 5.27. The van der Waals surface area contributed by atoms with Crippen LogP contribution in [-0.2, 0) is 4.74 Å². The van der Waals surface area contributed by atoms with Gasteiger partial charge in [-0.25, -0.2) is 14.6 Å². The summed E-state index contributed by atoms with van der Waals surface area (Å²) in [6.07, 6.45) is 1.44. The first-order valence-electron chi connectivity index (χ1n) is 5.16. The van der Waals surface area contributed by atoms with Crippen LogP contribution in [-0.4, -0.2) is 37.2 Å². The summed E-state index contributed by atoms with van der Waals surface area (Å²) in [6, 6.07) is 0.856. The second kappa shape index (κ2) is 6.28. The maximum absolute atomic E-state index is 11.4. The molecule has 0 radical (unpaired) electrons. The molecule has 0 aliphatic rings. The Labute approximate surface area is 104 Å². The topological polar surface area (TPSA) is 132 Å². The van der Waals surface area contributed by atoms with Crippen LogP contribution in [0.15, 0.2) is 12.3 Å². The highest BCUT2D eigenvalue weighted by Crippen LogP contribution is 2.20. The lowest BCUT2D eigenvalue weighted by Crippen LogP contribution is -2.33. The number of hydrogen-bond donors (Lipinski definition) is 4. The highest BCUT2D eigenvalue weighted by molar-refractivity contribution is 5.97. The Kier molecular flexibility index (Phi) is 4.73. The fourth-order valence-electron chi connectivity index (χ4n) is 1.27. The van der Waals surface area contributed by atoms with E-state index in [2.05, 4.69) is 20.4 Å². The number of nitrogens with two attached hydrogens (primary N) is 2. The molecule has 2 amide bonds. The second-order valence-electron chi connectivity index (χ2n) is 3.33. The van der Waals surface area contributed by atoms with Gasteiger partial charge in [0.2, 0.25) is 0 Å². The van der Waals surface area contributed by atoms with E-state index in [1.54, 1.807) is 0 Å².